The monoisotopic (exact) mass is 386 g/mol. The van der Waals surface area contributed by atoms with Crippen molar-refractivity contribution in [1.82, 2.24) is 9.80 Å². The first kappa shape index (κ1) is 18.1. The van der Waals surface area contributed by atoms with Crippen LogP contribution in [0.5, 0.6) is 11.5 Å². The number of benzene rings is 2. The van der Waals surface area contributed by atoms with E-state index in [1.54, 1.807) is 0 Å². The molecule has 0 spiro atoms. The maximum absolute atomic E-state index is 12.6. The van der Waals surface area contributed by atoms with Crippen LogP contribution in [-0.4, -0.2) is 55.1 Å². The fraction of sp³-hybridized carbons (Fsp3) is 0.381. The van der Waals surface area contributed by atoms with Crippen molar-refractivity contribution in [3.8, 4) is 11.5 Å². The number of rotatable bonds is 3. The molecule has 0 saturated carbocycles. The van der Waals surface area contributed by atoms with Crippen LogP contribution in [0.4, 0.5) is 0 Å². The number of halogens is 1. The number of amides is 1. The molecule has 2 heterocycles. The number of piperazine rings is 1. The zero-order valence-electron chi connectivity index (χ0n) is 15.4. The molecule has 142 valence electrons. The lowest BCUT2D eigenvalue weighted by atomic mass is 10.1. The smallest absolute Gasteiger partial charge is 0.253 e. The van der Waals surface area contributed by atoms with Gasteiger partial charge in [0.15, 0.2) is 11.5 Å². The van der Waals surface area contributed by atoms with Gasteiger partial charge in [-0.05, 0) is 36.8 Å². The molecule has 1 saturated heterocycles. The molecule has 2 aromatic carbocycles. The van der Waals surface area contributed by atoms with Crippen molar-refractivity contribution in [2.24, 2.45) is 0 Å². The summed E-state index contributed by atoms with van der Waals surface area (Å²) < 4.78 is 11.2. The lowest BCUT2D eigenvalue weighted by Crippen LogP contribution is -2.48. The summed E-state index contributed by atoms with van der Waals surface area (Å²) in [5, 5.41) is 0.593. The van der Waals surface area contributed by atoms with Crippen molar-refractivity contribution >= 4 is 17.5 Å². The first-order chi connectivity index (χ1) is 13.1. The van der Waals surface area contributed by atoms with Gasteiger partial charge in [0.05, 0.1) is 5.02 Å². The Morgan fingerprint density at radius 2 is 1.74 bits per heavy atom. The molecule has 0 unspecified atom stereocenters. The van der Waals surface area contributed by atoms with E-state index in [-0.39, 0.29) is 5.91 Å². The molecule has 2 aliphatic heterocycles. The van der Waals surface area contributed by atoms with Gasteiger partial charge >= 0.3 is 0 Å². The van der Waals surface area contributed by atoms with Crippen LogP contribution in [0.2, 0.25) is 5.02 Å². The largest absolute Gasteiger partial charge is 0.486 e. The molecule has 4 rings (SSSR count). The number of nitrogens with zero attached hydrogens (tertiary/aromatic N) is 2. The third kappa shape index (κ3) is 4.04. The van der Waals surface area contributed by atoms with Crippen molar-refractivity contribution in [3.63, 3.8) is 0 Å². The third-order valence-corrected chi connectivity index (χ3v) is 5.30. The first-order valence-corrected chi connectivity index (χ1v) is 9.64. The second-order valence-corrected chi connectivity index (χ2v) is 7.44. The van der Waals surface area contributed by atoms with E-state index in [1.165, 1.54) is 0 Å². The summed E-state index contributed by atoms with van der Waals surface area (Å²) >= 11 is 6.33. The lowest BCUT2D eigenvalue weighted by molar-refractivity contribution is 0.0628. The highest BCUT2D eigenvalue weighted by Gasteiger charge is 2.23. The molecule has 1 fully saturated rings. The summed E-state index contributed by atoms with van der Waals surface area (Å²) in [6, 6.07) is 11.7. The van der Waals surface area contributed by atoms with Gasteiger partial charge in [-0.15, -0.1) is 0 Å². The summed E-state index contributed by atoms with van der Waals surface area (Å²) in [5.41, 5.74) is 3.02. The quantitative estimate of drug-likeness (QED) is 0.811. The van der Waals surface area contributed by atoms with Gasteiger partial charge in [-0.3, -0.25) is 9.69 Å². The van der Waals surface area contributed by atoms with Crippen molar-refractivity contribution in [3.05, 3.63) is 58.1 Å². The minimum Gasteiger partial charge on any atom is -0.486 e. The van der Waals surface area contributed by atoms with E-state index in [1.807, 2.05) is 48.2 Å². The molecule has 0 aliphatic carbocycles. The van der Waals surface area contributed by atoms with Gasteiger partial charge in [-0.1, -0.05) is 29.3 Å². The number of hydrogen-bond donors (Lipinski definition) is 0. The Balaban J connectivity index is 1.36. The Morgan fingerprint density at radius 3 is 2.48 bits per heavy atom. The van der Waals surface area contributed by atoms with Crippen LogP contribution >= 0.6 is 11.6 Å². The van der Waals surface area contributed by atoms with E-state index in [2.05, 4.69) is 4.90 Å². The van der Waals surface area contributed by atoms with Crippen LogP contribution in [0.1, 0.15) is 21.5 Å². The van der Waals surface area contributed by atoms with E-state index in [0.29, 0.717) is 24.0 Å². The lowest BCUT2D eigenvalue weighted by Gasteiger charge is -2.35. The first-order valence-electron chi connectivity index (χ1n) is 9.26. The Labute approximate surface area is 164 Å². The number of carbonyl (C=O) groups is 1. The highest BCUT2D eigenvalue weighted by atomic mass is 35.5. The highest BCUT2D eigenvalue weighted by molar-refractivity contribution is 6.32. The Bertz CT molecular complexity index is 830. The predicted molar refractivity (Wildman–Crippen MR) is 105 cm³/mol. The molecule has 6 heteroatoms. The number of carbonyl (C=O) groups excluding carboxylic acids is 1. The summed E-state index contributed by atoms with van der Waals surface area (Å²) in [7, 11) is 0. The maximum atomic E-state index is 12.6. The topological polar surface area (TPSA) is 42.0 Å². The van der Waals surface area contributed by atoms with Gasteiger partial charge < -0.3 is 14.4 Å². The summed E-state index contributed by atoms with van der Waals surface area (Å²) in [5.74, 6) is 1.47. The minimum atomic E-state index is 0.108. The standard InChI is InChI=1S/C21H23ClN2O3/c1-15-2-4-17(5-3-15)21(25)24-8-6-23(7-9-24)14-16-12-18(22)20-19(13-16)26-10-11-27-20/h2-5,12-13H,6-11,14H2,1H3. The fourth-order valence-corrected chi connectivity index (χ4v) is 3.79. The Kier molecular flexibility index (Phi) is 5.23. The number of fused-ring (bicyclic) bond motifs is 1. The SMILES string of the molecule is Cc1ccc(C(=O)N2CCN(Cc3cc(Cl)c4c(c3)OCCO4)CC2)cc1. The highest BCUT2D eigenvalue weighted by Crippen LogP contribution is 2.38. The fourth-order valence-electron chi connectivity index (χ4n) is 3.50. The van der Waals surface area contributed by atoms with Crippen LogP contribution in [0.15, 0.2) is 36.4 Å². The van der Waals surface area contributed by atoms with Gasteiger partial charge in [-0.2, -0.15) is 0 Å². The average molecular weight is 387 g/mol. The minimum absolute atomic E-state index is 0.108. The second-order valence-electron chi connectivity index (χ2n) is 7.04. The molecule has 2 aliphatic rings. The molecule has 2 aromatic rings. The van der Waals surface area contributed by atoms with E-state index in [9.17, 15) is 4.79 Å². The predicted octanol–water partition coefficient (Wildman–Crippen LogP) is 3.38. The molecular weight excluding hydrogens is 364 g/mol. The molecule has 27 heavy (non-hydrogen) atoms. The summed E-state index contributed by atoms with van der Waals surface area (Å²) in [4.78, 5) is 16.9. The van der Waals surface area contributed by atoms with Gasteiger partial charge in [0.25, 0.3) is 5.91 Å². The Hall–Kier alpha value is -2.24. The molecular formula is C21H23ClN2O3. The van der Waals surface area contributed by atoms with Crippen molar-refractivity contribution in [2.75, 3.05) is 39.4 Å². The van der Waals surface area contributed by atoms with Crippen LogP contribution in [-0.2, 0) is 6.54 Å². The number of aryl methyl sites for hydroxylation is 1. The molecule has 0 bridgehead atoms. The molecule has 1 amide bonds. The average Bonchev–Trinajstić information content (AvgIpc) is 2.69. The normalized spacial score (nSPS) is 17.0. The van der Waals surface area contributed by atoms with E-state index in [4.69, 9.17) is 21.1 Å². The number of hydrogen-bond acceptors (Lipinski definition) is 4. The van der Waals surface area contributed by atoms with Crippen LogP contribution < -0.4 is 9.47 Å². The molecule has 0 radical (unpaired) electrons. The van der Waals surface area contributed by atoms with Crippen molar-refractivity contribution < 1.29 is 14.3 Å². The van der Waals surface area contributed by atoms with Crippen LogP contribution in [0.25, 0.3) is 0 Å². The van der Waals surface area contributed by atoms with Gasteiger partial charge in [0.1, 0.15) is 13.2 Å². The Morgan fingerprint density at radius 1 is 1.04 bits per heavy atom. The van der Waals surface area contributed by atoms with Gasteiger partial charge in [-0.25, -0.2) is 0 Å². The van der Waals surface area contributed by atoms with E-state index < -0.39 is 0 Å². The van der Waals surface area contributed by atoms with Crippen molar-refractivity contribution in [2.45, 2.75) is 13.5 Å². The third-order valence-electron chi connectivity index (χ3n) is 5.02. The molecule has 0 atom stereocenters. The molecule has 0 N–H and O–H groups in total. The van der Waals surface area contributed by atoms with Crippen molar-refractivity contribution in [1.29, 1.82) is 0 Å². The maximum Gasteiger partial charge on any atom is 0.253 e. The van der Waals surface area contributed by atoms with Crippen LogP contribution in [0, 0.1) is 6.92 Å². The van der Waals surface area contributed by atoms with E-state index in [0.717, 1.165) is 55.2 Å². The summed E-state index contributed by atoms with van der Waals surface area (Å²) in [6.45, 7) is 7.01. The zero-order chi connectivity index (χ0) is 18.8. The van der Waals surface area contributed by atoms with Gasteiger partial charge in [0.2, 0.25) is 0 Å². The molecule has 0 aromatic heterocycles. The summed E-state index contributed by atoms with van der Waals surface area (Å²) in [6.07, 6.45) is 0. The van der Waals surface area contributed by atoms with E-state index >= 15 is 0 Å². The molecule has 5 nitrogen and oxygen atoms in total. The van der Waals surface area contributed by atoms with Gasteiger partial charge in [0, 0.05) is 38.3 Å². The zero-order valence-corrected chi connectivity index (χ0v) is 16.2. The van der Waals surface area contributed by atoms with Crippen LogP contribution in [0.3, 0.4) is 0 Å². The second kappa shape index (κ2) is 7.79. The number of ether oxygens (including phenoxy) is 2.